The van der Waals surface area contributed by atoms with Gasteiger partial charge in [-0.2, -0.15) is 12.6 Å². The Balaban J connectivity index is 1.61. The third kappa shape index (κ3) is 13.3. The highest BCUT2D eigenvalue weighted by molar-refractivity contribution is 7.80. The number of aliphatic imine (C=N–C) groups is 1. The number of thiol groups is 1. The Morgan fingerprint density at radius 1 is 0.850 bits per heavy atom. The van der Waals surface area contributed by atoms with E-state index in [0.29, 0.717) is 17.5 Å². The summed E-state index contributed by atoms with van der Waals surface area (Å²) in [6.07, 6.45) is 1.79. The van der Waals surface area contributed by atoms with Gasteiger partial charge < -0.3 is 64.3 Å². The monoisotopic (exact) mass is 851 g/mol. The number of carbonyl (C=O) groups excluding carboxylic acids is 6. The topological polar surface area (TPSA) is 344 Å². The van der Waals surface area contributed by atoms with Crippen LogP contribution in [0.25, 0.3) is 10.9 Å². The minimum atomic E-state index is -1.45. The highest BCUT2D eigenvalue weighted by Crippen LogP contribution is 2.23. The molecule has 20 nitrogen and oxygen atoms in total. The Kier molecular flexibility index (Phi) is 17.1. The number of rotatable bonds is 22. The van der Waals surface area contributed by atoms with Crippen molar-refractivity contribution in [2.24, 2.45) is 27.9 Å². The molecule has 4 rings (SSSR count). The van der Waals surface area contributed by atoms with Gasteiger partial charge in [-0.15, -0.1) is 0 Å². The fourth-order valence-electron chi connectivity index (χ4n) is 6.79. The number of nitrogens with two attached hydrogens (primary N) is 4. The highest BCUT2D eigenvalue weighted by atomic mass is 32.1. The molecular weight excluding hydrogens is 799 g/mol. The Labute approximate surface area is 351 Å². The van der Waals surface area contributed by atoms with E-state index in [0.717, 1.165) is 10.9 Å². The van der Waals surface area contributed by atoms with E-state index in [1.54, 1.807) is 24.4 Å². The molecule has 6 atom stereocenters. The molecule has 1 saturated heterocycles. The van der Waals surface area contributed by atoms with Crippen LogP contribution in [0.3, 0.4) is 0 Å². The van der Waals surface area contributed by atoms with E-state index in [2.05, 4.69) is 43.9 Å². The Morgan fingerprint density at radius 3 is 2.18 bits per heavy atom. The maximum absolute atomic E-state index is 14.5. The summed E-state index contributed by atoms with van der Waals surface area (Å²) in [5.74, 6) is -6.01. The van der Waals surface area contributed by atoms with Crippen LogP contribution in [0.1, 0.15) is 49.7 Å². The summed E-state index contributed by atoms with van der Waals surface area (Å²) in [7, 11) is 0. The third-order valence-electron chi connectivity index (χ3n) is 9.97. The van der Waals surface area contributed by atoms with Crippen LogP contribution >= 0.6 is 12.6 Å². The molecule has 0 radical (unpaired) electrons. The summed E-state index contributed by atoms with van der Waals surface area (Å²) in [6, 6.07) is 5.66. The van der Waals surface area contributed by atoms with Crippen molar-refractivity contribution in [1.29, 1.82) is 0 Å². The quantitative estimate of drug-likeness (QED) is 0.0232. The number of H-pyrrole nitrogens is 1. The predicted octanol–water partition coefficient (Wildman–Crippen LogP) is -1.75. The molecule has 3 aromatic rings. The van der Waals surface area contributed by atoms with Crippen molar-refractivity contribution in [2.75, 3.05) is 18.8 Å². The van der Waals surface area contributed by atoms with E-state index in [9.17, 15) is 43.8 Å². The van der Waals surface area contributed by atoms with Gasteiger partial charge in [-0.05, 0) is 61.4 Å². The van der Waals surface area contributed by atoms with Crippen LogP contribution in [0, 0.1) is 0 Å². The van der Waals surface area contributed by atoms with Crippen LogP contribution in [0.5, 0.6) is 5.75 Å². The molecule has 2 aromatic carbocycles. The lowest BCUT2D eigenvalue weighted by Gasteiger charge is -2.30. The summed E-state index contributed by atoms with van der Waals surface area (Å²) in [6.45, 7) is 0.262. The van der Waals surface area contributed by atoms with Crippen LogP contribution in [0.4, 0.5) is 0 Å². The number of carboxylic acids is 1. The van der Waals surface area contributed by atoms with E-state index >= 15 is 0 Å². The van der Waals surface area contributed by atoms with E-state index < -0.39 is 77.7 Å². The number of hydrogen-bond donors (Lipinski definition) is 12. The number of aromatic amines is 1. The number of carbonyl (C=O) groups is 7. The van der Waals surface area contributed by atoms with Gasteiger partial charge in [-0.3, -0.25) is 33.8 Å². The van der Waals surface area contributed by atoms with Crippen LogP contribution in [-0.2, 0) is 46.4 Å². The molecule has 0 unspecified atom stereocenters. The average molecular weight is 852 g/mol. The maximum Gasteiger partial charge on any atom is 0.326 e. The summed E-state index contributed by atoms with van der Waals surface area (Å²) in [5.41, 5.74) is 23.9. The van der Waals surface area contributed by atoms with Crippen molar-refractivity contribution in [3.8, 4) is 5.75 Å². The van der Waals surface area contributed by atoms with E-state index in [-0.39, 0.29) is 75.5 Å². The number of para-hydroxylation sites is 1. The van der Waals surface area contributed by atoms with Crippen LogP contribution in [0.2, 0.25) is 0 Å². The summed E-state index contributed by atoms with van der Waals surface area (Å²) < 4.78 is 0. The standard InChI is InChI=1S/C39H53N11O9S/c40-25(20-60)33(53)48-29(17-21-9-11-23(51)12-10-21)35(55)46-27(13-14-32(41)52)34(54)49-30(18-22-19-45-26-6-2-1-5-24(22)26)37(57)50-16-4-8-31(50)36(56)47-28(38(58)59)7-3-15-44-39(42)43/h1-2,5-6,9-12,19,25,27-31,45,51,60H,3-4,7-8,13-18,20,40H2,(H2,41,52)(H,46,55)(H,47,56)(H,48,53)(H,49,54)(H,58,59)(H4,42,43,44)/t25-,27-,28-,29-,30-,31-/m0/s1. The highest BCUT2D eigenvalue weighted by Gasteiger charge is 2.40. The number of nitrogens with one attached hydrogen (secondary N) is 5. The lowest BCUT2D eigenvalue weighted by Crippen LogP contribution is -2.60. The molecule has 0 spiro atoms. The van der Waals surface area contributed by atoms with Crippen LogP contribution in [0.15, 0.2) is 59.7 Å². The first-order valence-corrected chi connectivity index (χ1v) is 20.0. The largest absolute Gasteiger partial charge is 0.508 e. The number of primary amides is 1. The molecule has 0 aliphatic carbocycles. The number of carboxylic acid groups (broad SMARTS) is 1. The van der Waals surface area contributed by atoms with Crippen molar-refractivity contribution in [3.63, 3.8) is 0 Å². The number of likely N-dealkylation sites (tertiary alicyclic amines) is 1. The fourth-order valence-corrected chi connectivity index (χ4v) is 6.96. The number of guanidine groups is 1. The van der Waals surface area contributed by atoms with E-state index in [1.807, 2.05) is 18.2 Å². The summed E-state index contributed by atoms with van der Waals surface area (Å²) in [5, 5.41) is 30.8. The van der Waals surface area contributed by atoms with Gasteiger partial charge in [-0.1, -0.05) is 30.3 Å². The predicted molar refractivity (Wildman–Crippen MR) is 224 cm³/mol. The Bertz CT molecular complexity index is 2040. The number of aromatic nitrogens is 1. The Morgan fingerprint density at radius 2 is 1.52 bits per heavy atom. The first kappa shape index (κ1) is 46.3. The van der Waals surface area contributed by atoms with Gasteiger partial charge >= 0.3 is 5.97 Å². The minimum absolute atomic E-state index is 0.0116. The van der Waals surface area contributed by atoms with Gasteiger partial charge in [-0.25, -0.2) is 4.79 Å². The second kappa shape index (κ2) is 22.1. The average Bonchev–Trinajstić information content (AvgIpc) is 3.88. The van der Waals surface area contributed by atoms with Crippen molar-refractivity contribution >= 4 is 70.9 Å². The zero-order chi connectivity index (χ0) is 43.9. The first-order chi connectivity index (χ1) is 28.6. The molecule has 324 valence electrons. The number of aliphatic carboxylic acids is 1. The van der Waals surface area contributed by atoms with Gasteiger partial charge in [0.15, 0.2) is 5.96 Å². The molecule has 0 bridgehead atoms. The van der Waals surface area contributed by atoms with Gasteiger partial charge in [0.05, 0.1) is 6.04 Å². The third-order valence-corrected chi connectivity index (χ3v) is 10.4. The fraction of sp³-hybridized carbons (Fsp3) is 0.436. The smallest absolute Gasteiger partial charge is 0.326 e. The van der Waals surface area contributed by atoms with Crippen molar-refractivity contribution in [3.05, 3.63) is 65.9 Å². The number of phenolic OH excluding ortho intramolecular Hbond substituents is 1. The van der Waals surface area contributed by atoms with Crippen LogP contribution < -0.4 is 44.2 Å². The van der Waals surface area contributed by atoms with Gasteiger partial charge in [0.1, 0.15) is 36.0 Å². The Hall–Kier alpha value is -6.35. The van der Waals surface area contributed by atoms with Gasteiger partial charge in [0, 0.05) is 55.2 Å². The van der Waals surface area contributed by atoms with Crippen molar-refractivity contribution < 1.29 is 43.8 Å². The molecule has 0 saturated carbocycles. The molecule has 1 fully saturated rings. The number of aromatic hydroxyl groups is 1. The molecule has 1 aromatic heterocycles. The molecule has 1 aliphatic rings. The number of fused-ring (bicyclic) bond motifs is 1. The SMILES string of the molecule is NC(=O)CC[C@H](NC(=O)[C@H](Cc1ccc(O)cc1)NC(=O)[C@@H](N)CS)C(=O)N[C@@H](Cc1c[nH]c2ccccc12)C(=O)N1CCC[C@H]1C(=O)N[C@@H](CCCN=C(N)N)C(=O)O. The molecule has 21 heteroatoms. The molecule has 15 N–H and O–H groups in total. The lowest BCUT2D eigenvalue weighted by atomic mass is 10.0. The number of phenols is 1. The van der Waals surface area contributed by atoms with Crippen LogP contribution in [-0.4, -0.2) is 123 Å². The lowest BCUT2D eigenvalue weighted by molar-refractivity contribution is -0.145. The van der Waals surface area contributed by atoms with Crippen molar-refractivity contribution in [1.82, 2.24) is 31.2 Å². The van der Waals surface area contributed by atoms with Gasteiger partial charge in [0.25, 0.3) is 0 Å². The molecule has 60 heavy (non-hydrogen) atoms. The molecule has 6 amide bonds. The summed E-state index contributed by atoms with van der Waals surface area (Å²) >= 11 is 4.06. The molecule has 1 aliphatic heterocycles. The summed E-state index contributed by atoms with van der Waals surface area (Å²) in [4.78, 5) is 101. The number of amides is 6. The first-order valence-electron chi connectivity index (χ1n) is 19.4. The molecular formula is C39H53N11O9S. The van der Waals surface area contributed by atoms with Gasteiger partial charge in [0.2, 0.25) is 35.4 Å². The number of benzene rings is 2. The maximum atomic E-state index is 14.5. The second-order valence-electron chi connectivity index (χ2n) is 14.4. The van der Waals surface area contributed by atoms with E-state index in [1.165, 1.54) is 17.0 Å². The minimum Gasteiger partial charge on any atom is -0.508 e. The zero-order valence-electron chi connectivity index (χ0n) is 32.8. The number of hydrogen-bond acceptors (Lipinski definition) is 11. The molecule has 2 heterocycles. The second-order valence-corrected chi connectivity index (χ2v) is 14.8. The van der Waals surface area contributed by atoms with Crippen molar-refractivity contribution in [2.45, 2.75) is 87.6 Å². The number of nitrogens with zero attached hydrogens (tertiary/aromatic N) is 2. The zero-order valence-corrected chi connectivity index (χ0v) is 33.7. The van der Waals surface area contributed by atoms with E-state index in [4.69, 9.17) is 22.9 Å². The normalized spacial score (nSPS) is 16.1.